The van der Waals surface area contributed by atoms with Crippen LogP contribution in [0, 0.1) is 13.8 Å². The third-order valence-electron chi connectivity index (χ3n) is 2.85. The van der Waals surface area contributed by atoms with Crippen molar-refractivity contribution < 1.29 is 8.42 Å². The molecule has 0 aliphatic carbocycles. The van der Waals surface area contributed by atoms with Gasteiger partial charge >= 0.3 is 0 Å². The third kappa shape index (κ3) is 3.34. The molecule has 6 heteroatoms. The maximum absolute atomic E-state index is 12.3. The van der Waals surface area contributed by atoms with Gasteiger partial charge in [0, 0.05) is 15.2 Å². The zero-order valence-electron chi connectivity index (χ0n) is 10.9. The molecule has 2 rings (SSSR count). The number of halogens is 2. The zero-order valence-corrected chi connectivity index (χ0v) is 14.1. The first-order valence-electron chi connectivity index (χ1n) is 5.85. The van der Waals surface area contributed by atoms with Gasteiger partial charge in [-0.3, -0.25) is 4.72 Å². The minimum atomic E-state index is -3.61. The number of hydrogen-bond acceptors (Lipinski definition) is 2. The quantitative estimate of drug-likeness (QED) is 0.858. The molecule has 0 saturated carbocycles. The predicted octanol–water partition coefficient (Wildman–Crippen LogP) is 4.52. The molecule has 0 aliphatic rings. The Hall–Kier alpha value is -1.04. The van der Waals surface area contributed by atoms with Gasteiger partial charge in [-0.1, -0.05) is 27.5 Å². The molecular weight excluding hydrogens is 362 g/mol. The average molecular weight is 375 g/mol. The van der Waals surface area contributed by atoms with Crippen molar-refractivity contribution >= 4 is 43.2 Å². The molecule has 0 saturated heterocycles. The van der Waals surface area contributed by atoms with Gasteiger partial charge in [0.2, 0.25) is 0 Å². The summed E-state index contributed by atoms with van der Waals surface area (Å²) >= 11 is 9.29. The number of hydrogen-bond donors (Lipinski definition) is 1. The number of rotatable bonds is 3. The van der Waals surface area contributed by atoms with E-state index in [2.05, 4.69) is 20.7 Å². The standard InChI is InChI=1S/C14H13BrClNO2S/c1-9-7-11(3-5-13(9)15)17-20(18,19)12-4-6-14(16)10(2)8-12/h3-8,17H,1-2H3. The fourth-order valence-electron chi connectivity index (χ4n) is 1.71. The number of nitrogens with one attached hydrogen (secondary N) is 1. The van der Waals surface area contributed by atoms with Crippen LogP contribution in [-0.2, 0) is 10.0 Å². The van der Waals surface area contributed by atoms with E-state index in [1.165, 1.54) is 6.07 Å². The molecule has 0 heterocycles. The maximum Gasteiger partial charge on any atom is 0.261 e. The second-order valence-corrected chi connectivity index (χ2v) is 7.42. The minimum Gasteiger partial charge on any atom is -0.280 e. The summed E-state index contributed by atoms with van der Waals surface area (Å²) in [6.45, 7) is 3.67. The Kier molecular flexibility index (Phi) is 4.42. The summed E-state index contributed by atoms with van der Waals surface area (Å²) in [5.74, 6) is 0. The van der Waals surface area contributed by atoms with E-state index in [9.17, 15) is 8.42 Å². The highest BCUT2D eigenvalue weighted by Crippen LogP contribution is 2.24. The fraction of sp³-hybridized carbons (Fsp3) is 0.143. The topological polar surface area (TPSA) is 46.2 Å². The van der Waals surface area contributed by atoms with E-state index in [1.807, 2.05) is 6.92 Å². The zero-order chi connectivity index (χ0) is 14.9. The smallest absolute Gasteiger partial charge is 0.261 e. The van der Waals surface area contributed by atoms with Crippen LogP contribution in [-0.4, -0.2) is 8.42 Å². The Morgan fingerprint density at radius 3 is 2.35 bits per heavy atom. The van der Waals surface area contributed by atoms with Crippen LogP contribution < -0.4 is 4.72 Å². The minimum absolute atomic E-state index is 0.194. The van der Waals surface area contributed by atoms with E-state index in [4.69, 9.17) is 11.6 Å². The SMILES string of the molecule is Cc1cc(S(=O)(=O)Nc2ccc(Br)c(C)c2)ccc1Cl. The van der Waals surface area contributed by atoms with Crippen LogP contribution in [0.1, 0.15) is 11.1 Å². The first kappa shape index (κ1) is 15.4. The van der Waals surface area contributed by atoms with Crippen LogP contribution in [0.15, 0.2) is 45.8 Å². The van der Waals surface area contributed by atoms with Crippen LogP contribution in [0.3, 0.4) is 0 Å². The van der Waals surface area contributed by atoms with Gasteiger partial charge in [-0.05, 0) is 61.4 Å². The van der Waals surface area contributed by atoms with Gasteiger partial charge < -0.3 is 0 Å². The predicted molar refractivity (Wildman–Crippen MR) is 85.9 cm³/mol. The maximum atomic E-state index is 12.3. The number of aryl methyl sites for hydroxylation is 2. The van der Waals surface area contributed by atoms with Crippen molar-refractivity contribution in [3.63, 3.8) is 0 Å². The molecule has 106 valence electrons. The third-order valence-corrected chi connectivity index (χ3v) is 5.54. The Bertz CT molecular complexity index is 760. The van der Waals surface area contributed by atoms with Crippen molar-refractivity contribution in [2.45, 2.75) is 18.7 Å². The average Bonchev–Trinajstić information content (AvgIpc) is 2.37. The number of benzene rings is 2. The summed E-state index contributed by atoms with van der Waals surface area (Å²) < 4.78 is 28.1. The van der Waals surface area contributed by atoms with Gasteiger partial charge in [0.25, 0.3) is 10.0 Å². The Balaban J connectivity index is 2.35. The van der Waals surface area contributed by atoms with E-state index in [0.717, 1.165) is 15.6 Å². The largest absolute Gasteiger partial charge is 0.280 e. The normalized spacial score (nSPS) is 11.4. The van der Waals surface area contributed by atoms with Crippen molar-refractivity contribution in [1.29, 1.82) is 0 Å². The van der Waals surface area contributed by atoms with Gasteiger partial charge in [-0.15, -0.1) is 0 Å². The van der Waals surface area contributed by atoms with E-state index in [0.29, 0.717) is 10.7 Å². The molecule has 0 fully saturated rings. The highest BCUT2D eigenvalue weighted by atomic mass is 79.9. The van der Waals surface area contributed by atoms with Crippen molar-refractivity contribution in [3.05, 3.63) is 57.0 Å². The monoisotopic (exact) mass is 373 g/mol. The Morgan fingerprint density at radius 2 is 1.75 bits per heavy atom. The Labute approximate surface area is 132 Å². The molecule has 2 aromatic rings. The molecule has 0 aliphatic heterocycles. The molecule has 20 heavy (non-hydrogen) atoms. The van der Waals surface area contributed by atoms with E-state index >= 15 is 0 Å². The molecule has 0 radical (unpaired) electrons. The molecule has 2 aromatic carbocycles. The van der Waals surface area contributed by atoms with Crippen molar-refractivity contribution in [2.75, 3.05) is 4.72 Å². The lowest BCUT2D eigenvalue weighted by Gasteiger charge is -2.10. The Morgan fingerprint density at radius 1 is 1.05 bits per heavy atom. The summed E-state index contributed by atoms with van der Waals surface area (Å²) in [6.07, 6.45) is 0. The molecule has 0 atom stereocenters. The molecule has 0 bridgehead atoms. The molecule has 3 nitrogen and oxygen atoms in total. The van der Waals surface area contributed by atoms with Crippen molar-refractivity contribution in [3.8, 4) is 0 Å². The fourth-order valence-corrected chi connectivity index (χ4v) is 3.21. The summed E-state index contributed by atoms with van der Waals surface area (Å²) in [7, 11) is -3.61. The van der Waals surface area contributed by atoms with E-state index in [-0.39, 0.29) is 4.90 Å². The highest BCUT2D eigenvalue weighted by Gasteiger charge is 2.15. The lowest BCUT2D eigenvalue weighted by molar-refractivity contribution is 0.601. The van der Waals surface area contributed by atoms with Crippen molar-refractivity contribution in [2.24, 2.45) is 0 Å². The van der Waals surface area contributed by atoms with Gasteiger partial charge in [0.1, 0.15) is 0 Å². The van der Waals surface area contributed by atoms with Gasteiger partial charge in [-0.25, -0.2) is 8.42 Å². The first-order chi connectivity index (χ1) is 9.29. The van der Waals surface area contributed by atoms with Crippen LogP contribution in [0.2, 0.25) is 5.02 Å². The summed E-state index contributed by atoms with van der Waals surface area (Å²) in [5.41, 5.74) is 2.21. The second-order valence-electron chi connectivity index (χ2n) is 4.48. The number of sulfonamides is 1. The summed E-state index contributed by atoms with van der Waals surface area (Å²) in [4.78, 5) is 0.194. The first-order valence-corrected chi connectivity index (χ1v) is 8.50. The highest BCUT2D eigenvalue weighted by molar-refractivity contribution is 9.10. The molecule has 0 aromatic heterocycles. The van der Waals surface area contributed by atoms with Gasteiger partial charge in [0.15, 0.2) is 0 Å². The molecule has 0 spiro atoms. The van der Waals surface area contributed by atoms with Crippen LogP contribution >= 0.6 is 27.5 Å². The molecule has 0 amide bonds. The second kappa shape index (κ2) is 5.76. The van der Waals surface area contributed by atoms with Crippen LogP contribution in [0.4, 0.5) is 5.69 Å². The lowest BCUT2D eigenvalue weighted by atomic mass is 10.2. The van der Waals surface area contributed by atoms with Crippen LogP contribution in [0.25, 0.3) is 0 Å². The molecular formula is C14H13BrClNO2S. The summed E-state index contributed by atoms with van der Waals surface area (Å²) in [6, 6.07) is 9.90. The van der Waals surface area contributed by atoms with E-state index < -0.39 is 10.0 Å². The van der Waals surface area contributed by atoms with Crippen LogP contribution in [0.5, 0.6) is 0 Å². The summed E-state index contributed by atoms with van der Waals surface area (Å²) in [5, 5.41) is 0.545. The van der Waals surface area contributed by atoms with E-state index in [1.54, 1.807) is 37.3 Å². The molecule has 0 unspecified atom stereocenters. The van der Waals surface area contributed by atoms with Gasteiger partial charge in [0.05, 0.1) is 4.90 Å². The molecule has 1 N–H and O–H groups in total. The lowest BCUT2D eigenvalue weighted by Crippen LogP contribution is -2.13. The van der Waals surface area contributed by atoms with Crippen molar-refractivity contribution in [1.82, 2.24) is 0 Å². The number of anilines is 1. The van der Waals surface area contributed by atoms with Gasteiger partial charge in [-0.2, -0.15) is 0 Å².